The summed E-state index contributed by atoms with van der Waals surface area (Å²) >= 11 is 5.86. The van der Waals surface area contributed by atoms with Gasteiger partial charge in [-0.15, -0.1) is 0 Å². The second-order valence-electron chi connectivity index (χ2n) is 6.83. The molecule has 0 saturated carbocycles. The number of aliphatic carboxylic acids is 1. The van der Waals surface area contributed by atoms with E-state index in [1.165, 1.54) is 36.6 Å². The number of carboxylic acids is 1. The highest BCUT2D eigenvalue weighted by Crippen LogP contribution is 2.39. The lowest BCUT2D eigenvalue weighted by Crippen LogP contribution is -2.29. The molecule has 0 aliphatic rings. The molecule has 0 spiro atoms. The van der Waals surface area contributed by atoms with Crippen LogP contribution in [-0.4, -0.2) is 26.7 Å². The van der Waals surface area contributed by atoms with Crippen LogP contribution in [0.25, 0.3) is 10.9 Å². The van der Waals surface area contributed by atoms with E-state index >= 15 is 0 Å². The maximum absolute atomic E-state index is 14.8. The summed E-state index contributed by atoms with van der Waals surface area (Å²) in [4.78, 5) is 24.9. The van der Waals surface area contributed by atoms with E-state index in [0.29, 0.717) is 16.3 Å². The Labute approximate surface area is 159 Å². The van der Waals surface area contributed by atoms with Crippen molar-refractivity contribution in [3.8, 4) is 5.75 Å². The molecule has 5 nitrogen and oxygen atoms in total. The van der Waals surface area contributed by atoms with Crippen molar-refractivity contribution in [3.05, 3.63) is 64.1 Å². The van der Waals surface area contributed by atoms with Crippen LogP contribution in [0.4, 0.5) is 4.39 Å². The van der Waals surface area contributed by atoms with E-state index in [1.54, 1.807) is 19.1 Å². The minimum Gasteiger partial charge on any atom is -0.505 e. The second kappa shape index (κ2) is 6.39. The van der Waals surface area contributed by atoms with Crippen LogP contribution in [0.2, 0.25) is 5.02 Å². The number of hydrogen-bond acceptors (Lipinski definition) is 3. The molecular weight excluding hydrogens is 373 g/mol. The molecule has 0 amide bonds. The summed E-state index contributed by atoms with van der Waals surface area (Å²) in [5, 5.41) is 19.8. The number of benzene rings is 2. The van der Waals surface area contributed by atoms with Gasteiger partial charge in [0.25, 0.3) is 5.91 Å². The highest BCUT2D eigenvalue weighted by atomic mass is 35.5. The Morgan fingerprint density at radius 2 is 1.70 bits per heavy atom. The molecule has 1 aromatic heterocycles. The lowest BCUT2D eigenvalue weighted by molar-refractivity contribution is -0.142. The third-order valence-corrected chi connectivity index (χ3v) is 4.99. The fourth-order valence-electron chi connectivity index (χ4n) is 3.31. The first-order valence-electron chi connectivity index (χ1n) is 8.14. The van der Waals surface area contributed by atoms with Crippen molar-refractivity contribution >= 4 is 34.4 Å². The minimum absolute atomic E-state index is 0.0813. The number of aromatic hydroxyl groups is 1. The van der Waals surface area contributed by atoms with Crippen molar-refractivity contribution in [2.24, 2.45) is 0 Å². The zero-order valence-electron chi connectivity index (χ0n) is 14.9. The quantitative estimate of drug-likeness (QED) is 0.691. The van der Waals surface area contributed by atoms with Crippen LogP contribution in [-0.2, 0) is 10.2 Å². The molecule has 7 heteroatoms. The first-order chi connectivity index (χ1) is 12.6. The molecule has 0 atom stereocenters. The predicted octanol–water partition coefficient (Wildman–Crippen LogP) is 4.50. The second-order valence-corrected chi connectivity index (χ2v) is 7.27. The number of rotatable bonds is 3. The van der Waals surface area contributed by atoms with Gasteiger partial charge in [-0.1, -0.05) is 11.6 Å². The zero-order chi connectivity index (χ0) is 20.1. The number of phenolic OH excluding ortho intramolecular Hbond substituents is 1. The van der Waals surface area contributed by atoms with Gasteiger partial charge in [-0.2, -0.15) is 0 Å². The summed E-state index contributed by atoms with van der Waals surface area (Å²) in [6, 6.07) is 8.73. The molecule has 0 aliphatic heterocycles. The zero-order valence-corrected chi connectivity index (χ0v) is 15.6. The maximum Gasteiger partial charge on any atom is 0.313 e. The molecule has 140 valence electrons. The van der Waals surface area contributed by atoms with Gasteiger partial charge in [0.1, 0.15) is 0 Å². The molecule has 1 heterocycles. The van der Waals surface area contributed by atoms with E-state index in [1.807, 2.05) is 0 Å². The first-order valence-corrected chi connectivity index (χ1v) is 8.51. The molecular formula is C20H17ClFNO4. The standard InChI is InChI=1S/C20H17ClFNO4/c1-10-16(20(2,3)19(26)27)15-13(8-9-14(24)17(15)22)23(10)18(25)11-4-6-12(21)7-5-11/h4-9,24H,1-3H3,(H,26,27). The average molecular weight is 390 g/mol. The van der Waals surface area contributed by atoms with Crippen molar-refractivity contribution in [3.63, 3.8) is 0 Å². The van der Waals surface area contributed by atoms with Crippen LogP contribution in [0.1, 0.15) is 35.5 Å². The normalized spacial score (nSPS) is 11.7. The molecule has 0 saturated heterocycles. The molecule has 27 heavy (non-hydrogen) atoms. The molecule has 2 aromatic carbocycles. The Hall–Kier alpha value is -2.86. The van der Waals surface area contributed by atoms with Gasteiger partial charge < -0.3 is 10.2 Å². The van der Waals surface area contributed by atoms with Crippen LogP contribution in [0.5, 0.6) is 5.75 Å². The van der Waals surface area contributed by atoms with Gasteiger partial charge in [0, 0.05) is 27.2 Å². The Morgan fingerprint density at radius 3 is 2.26 bits per heavy atom. The van der Waals surface area contributed by atoms with Crippen LogP contribution in [0.15, 0.2) is 36.4 Å². The molecule has 0 fully saturated rings. The number of fused-ring (bicyclic) bond motifs is 1. The molecule has 0 bridgehead atoms. The third-order valence-electron chi connectivity index (χ3n) is 4.74. The van der Waals surface area contributed by atoms with Crippen molar-refractivity contribution in [2.75, 3.05) is 0 Å². The summed E-state index contributed by atoms with van der Waals surface area (Å²) in [6.07, 6.45) is 0. The first kappa shape index (κ1) is 18.9. The van der Waals surface area contributed by atoms with Gasteiger partial charge in [-0.3, -0.25) is 14.2 Å². The molecule has 3 rings (SSSR count). The largest absolute Gasteiger partial charge is 0.505 e. The van der Waals surface area contributed by atoms with Gasteiger partial charge in [0.15, 0.2) is 11.6 Å². The van der Waals surface area contributed by atoms with Crippen molar-refractivity contribution < 1.29 is 24.2 Å². The van der Waals surface area contributed by atoms with E-state index in [0.717, 1.165) is 6.07 Å². The van der Waals surface area contributed by atoms with Crippen molar-refractivity contribution in [1.29, 1.82) is 0 Å². The Morgan fingerprint density at radius 1 is 1.11 bits per heavy atom. The number of carbonyl (C=O) groups excluding carboxylic acids is 1. The van der Waals surface area contributed by atoms with Crippen LogP contribution < -0.4 is 0 Å². The predicted molar refractivity (Wildman–Crippen MR) is 100 cm³/mol. The number of hydrogen-bond donors (Lipinski definition) is 2. The van der Waals surface area contributed by atoms with Crippen LogP contribution in [0.3, 0.4) is 0 Å². The van der Waals surface area contributed by atoms with E-state index in [4.69, 9.17) is 11.6 Å². The monoisotopic (exact) mass is 389 g/mol. The molecule has 2 N–H and O–H groups in total. The van der Waals surface area contributed by atoms with Gasteiger partial charge in [0.2, 0.25) is 0 Å². The number of halogens is 2. The fourth-order valence-corrected chi connectivity index (χ4v) is 3.43. The van der Waals surface area contributed by atoms with Gasteiger partial charge >= 0.3 is 5.97 Å². The van der Waals surface area contributed by atoms with E-state index in [9.17, 15) is 24.2 Å². The number of carbonyl (C=O) groups is 2. The smallest absolute Gasteiger partial charge is 0.313 e. The highest BCUT2D eigenvalue weighted by molar-refractivity contribution is 6.30. The molecule has 3 aromatic rings. The summed E-state index contributed by atoms with van der Waals surface area (Å²) in [7, 11) is 0. The SMILES string of the molecule is Cc1c(C(C)(C)C(=O)O)c2c(F)c(O)ccc2n1C(=O)c1ccc(Cl)cc1. The number of nitrogens with zero attached hydrogens (tertiary/aromatic N) is 1. The summed E-state index contributed by atoms with van der Waals surface area (Å²) in [5.74, 6) is -3.19. The van der Waals surface area contributed by atoms with Gasteiger partial charge in [-0.05, 0) is 57.2 Å². The van der Waals surface area contributed by atoms with E-state index < -0.39 is 28.9 Å². The lowest BCUT2D eigenvalue weighted by Gasteiger charge is -2.20. The van der Waals surface area contributed by atoms with Crippen molar-refractivity contribution in [2.45, 2.75) is 26.2 Å². The molecule has 0 aliphatic carbocycles. The van der Waals surface area contributed by atoms with Crippen molar-refractivity contribution in [1.82, 2.24) is 4.57 Å². The number of aromatic nitrogens is 1. The molecule has 0 unspecified atom stereocenters. The molecule has 0 radical (unpaired) electrons. The number of phenols is 1. The topological polar surface area (TPSA) is 79.5 Å². The lowest BCUT2D eigenvalue weighted by atomic mass is 9.82. The Bertz CT molecular complexity index is 1080. The average Bonchev–Trinajstić information content (AvgIpc) is 2.91. The summed E-state index contributed by atoms with van der Waals surface area (Å²) < 4.78 is 16.0. The Balaban J connectivity index is 2.40. The van der Waals surface area contributed by atoms with Crippen LogP contribution >= 0.6 is 11.6 Å². The van der Waals surface area contributed by atoms with E-state index in [2.05, 4.69) is 0 Å². The maximum atomic E-state index is 14.8. The fraction of sp³-hybridized carbons (Fsp3) is 0.200. The third kappa shape index (κ3) is 2.86. The van der Waals surface area contributed by atoms with Gasteiger partial charge in [-0.25, -0.2) is 4.39 Å². The number of carboxylic acid groups (broad SMARTS) is 1. The summed E-state index contributed by atoms with van der Waals surface area (Å²) in [6.45, 7) is 4.42. The van der Waals surface area contributed by atoms with Gasteiger partial charge in [0.05, 0.1) is 10.9 Å². The van der Waals surface area contributed by atoms with E-state index in [-0.39, 0.29) is 16.5 Å². The highest BCUT2D eigenvalue weighted by Gasteiger charge is 2.37. The van der Waals surface area contributed by atoms with Crippen LogP contribution in [0, 0.1) is 12.7 Å². The minimum atomic E-state index is -1.48. The summed E-state index contributed by atoms with van der Waals surface area (Å²) in [5.41, 5.74) is -0.551. The Kier molecular flexibility index (Phi) is 4.48.